The van der Waals surface area contributed by atoms with Crippen LogP contribution in [0.3, 0.4) is 0 Å². The minimum Gasteiger partial charge on any atom is -0.355 e. The number of benzene rings is 1. The molecule has 36 heavy (non-hydrogen) atoms. The summed E-state index contributed by atoms with van der Waals surface area (Å²) < 4.78 is 0. The number of rotatable bonds is 6. The predicted molar refractivity (Wildman–Crippen MR) is 145 cm³/mol. The van der Waals surface area contributed by atoms with Crippen molar-refractivity contribution in [2.24, 2.45) is 0 Å². The maximum absolute atomic E-state index is 13.0. The standard InChI is InChI=1S/C29H36N6O/c1-28(2,3)25-13-21(10-11-31-25)33-24-14-26(32-16-22(24)27(36)35-19-6-7-19)34-20-8-9-23-18(12-20)15-30-17-29(23,4)5/h8-14,16,19,30H,6-7,15,17H2,1-5H3,(H,35,36)(H2,31,32,33,34). The van der Waals surface area contributed by atoms with Gasteiger partial charge < -0.3 is 21.3 Å². The first-order valence-corrected chi connectivity index (χ1v) is 12.7. The zero-order valence-electron chi connectivity index (χ0n) is 21.8. The number of pyridine rings is 2. The van der Waals surface area contributed by atoms with E-state index >= 15 is 0 Å². The van der Waals surface area contributed by atoms with Crippen LogP contribution in [0.5, 0.6) is 0 Å². The first-order chi connectivity index (χ1) is 17.1. The number of aromatic nitrogens is 2. The smallest absolute Gasteiger partial charge is 0.255 e. The summed E-state index contributed by atoms with van der Waals surface area (Å²) in [6.45, 7) is 12.8. The molecule has 3 aromatic rings. The lowest BCUT2D eigenvalue weighted by molar-refractivity contribution is 0.0951. The molecule has 1 aromatic carbocycles. The number of hydrogen-bond acceptors (Lipinski definition) is 6. The van der Waals surface area contributed by atoms with Crippen molar-refractivity contribution in [2.45, 2.75) is 70.9 Å². The van der Waals surface area contributed by atoms with Crippen LogP contribution in [0.25, 0.3) is 0 Å². The first kappa shape index (κ1) is 24.3. The van der Waals surface area contributed by atoms with Gasteiger partial charge in [-0.25, -0.2) is 4.98 Å². The summed E-state index contributed by atoms with van der Waals surface area (Å²) in [5.74, 6) is 0.569. The number of fused-ring (bicyclic) bond motifs is 1. The van der Waals surface area contributed by atoms with E-state index in [-0.39, 0.29) is 22.8 Å². The fourth-order valence-corrected chi connectivity index (χ4v) is 4.60. The average molecular weight is 485 g/mol. The summed E-state index contributed by atoms with van der Waals surface area (Å²) in [4.78, 5) is 22.1. The van der Waals surface area contributed by atoms with Crippen LogP contribution in [0.15, 0.2) is 48.8 Å². The van der Waals surface area contributed by atoms with Gasteiger partial charge in [0.05, 0.1) is 11.3 Å². The average Bonchev–Trinajstić information content (AvgIpc) is 3.62. The topological polar surface area (TPSA) is 91.0 Å². The molecule has 0 atom stereocenters. The van der Waals surface area contributed by atoms with Gasteiger partial charge >= 0.3 is 0 Å². The third kappa shape index (κ3) is 5.36. The minimum absolute atomic E-state index is 0.0787. The first-order valence-electron chi connectivity index (χ1n) is 12.7. The Morgan fingerprint density at radius 2 is 1.81 bits per heavy atom. The molecule has 4 N–H and O–H groups in total. The normalized spacial score (nSPS) is 16.7. The maximum Gasteiger partial charge on any atom is 0.255 e. The van der Waals surface area contributed by atoms with Crippen molar-refractivity contribution >= 4 is 28.8 Å². The van der Waals surface area contributed by atoms with Crippen LogP contribution in [0.4, 0.5) is 22.9 Å². The van der Waals surface area contributed by atoms with Gasteiger partial charge in [0, 0.05) is 65.5 Å². The van der Waals surface area contributed by atoms with Crippen LogP contribution in [0.1, 0.15) is 74.6 Å². The second-order valence-corrected chi connectivity index (χ2v) is 11.7. The molecule has 0 spiro atoms. The van der Waals surface area contributed by atoms with E-state index in [2.05, 4.69) is 84.1 Å². The molecular weight excluding hydrogens is 448 g/mol. The molecule has 0 saturated heterocycles. The van der Waals surface area contributed by atoms with Gasteiger partial charge in [-0.3, -0.25) is 9.78 Å². The van der Waals surface area contributed by atoms with E-state index in [1.807, 2.05) is 18.2 Å². The van der Waals surface area contributed by atoms with E-state index < -0.39 is 0 Å². The van der Waals surface area contributed by atoms with Gasteiger partial charge in [0.2, 0.25) is 0 Å². The summed E-state index contributed by atoms with van der Waals surface area (Å²) in [6.07, 6.45) is 5.52. The highest BCUT2D eigenvalue weighted by Crippen LogP contribution is 2.33. The molecule has 0 unspecified atom stereocenters. The molecule has 1 fully saturated rings. The maximum atomic E-state index is 13.0. The van der Waals surface area contributed by atoms with Crippen LogP contribution >= 0.6 is 0 Å². The van der Waals surface area contributed by atoms with Gasteiger partial charge in [0.1, 0.15) is 5.82 Å². The number of carbonyl (C=O) groups excluding carboxylic acids is 1. The molecule has 1 aliphatic heterocycles. The molecule has 7 heteroatoms. The van der Waals surface area contributed by atoms with E-state index in [0.717, 1.165) is 43.0 Å². The molecular formula is C29H36N6O. The molecule has 3 heterocycles. The molecule has 5 rings (SSSR count). The van der Waals surface area contributed by atoms with E-state index in [0.29, 0.717) is 17.1 Å². The molecule has 7 nitrogen and oxygen atoms in total. The van der Waals surface area contributed by atoms with Gasteiger partial charge in [0.25, 0.3) is 5.91 Å². The Kier molecular flexibility index (Phi) is 6.20. The molecule has 188 valence electrons. The summed E-state index contributed by atoms with van der Waals surface area (Å²) >= 11 is 0. The van der Waals surface area contributed by atoms with Gasteiger partial charge in [-0.2, -0.15) is 0 Å². The Hall–Kier alpha value is -3.45. The van der Waals surface area contributed by atoms with E-state index in [1.54, 1.807) is 12.4 Å². The molecule has 1 saturated carbocycles. The number of nitrogens with one attached hydrogen (secondary N) is 4. The van der Waals surface area contributed by atoms with Crippen molar-refractivity contribution in [3.63, 3.8) is 0 Å². The lowest BCUT2D eigenvalue weighted by Crippen LogP contribution is -2.38. The Morgan fingerprint density at radius 1 is 1.03 bits per heavy atom. The Labute approximate surface area is 213 Å². The van der Waals surface area contributed by atoms with Crippen LogP contribution < -0.4 is 21.3 Å². The van der Waals surface area contributed by atoms with Gasteiger partial charge in [-0.05, 0) is 48.2 Å². The highest BCUT2D eigenvalue weighted by molar-refractivity contribution is 6.00. The minimum atomic E-state index is -0.105. The van der Waals surface area contributed by atoms with E-state index in [4.69, 9.17) is 0 Å². The zero-order valence-corrected chi connectivity index (χ0v) is 21.8. The molecule has 2 aliphatic rings. The Balaban J connectivity index is 1.44. The van der Waals surface area contributed by atoms with Crippen molar-refractivity contribution in [1.29, 1.82) is 0 Å². The van der Waals surface area contributed by atoms with Gasteiger partial charge in [-0.1, -0.05) is 40.7 Å². The Bertz CT molecular complexity index is 1290. The molecule has 1 aliphatic carbocycles. The summed E-state index contributed by atoms with van der Waals surface area (Å²) in [5, 5.41) is 13.5. The lowest BCUT2D eigenvalue weighted by atomic mass is 9.79. The predicted octanol–water partition coefficient (Wildman–Crippen LogP) is 5.53. The number of amides is 1. The number of hydrogen-bond donors (Lipinski definition) is 4. The molecule has 0 radical (unpaired) electrons. The highest BCUT2D eigenvalue weighted by Gasteiger charge is 2.28. The lowest BCUT2D eigenvalue weighted by Gasteiger charge is -2.33. The fraction of sp³-hybridized carbons (Fsp3) is 0.414. The Morgan fingerprint density at radius 3 is 2.56 bits per heavy atom. The fourth-order valence-electron chi connectivity index (χ4n) is 4.60. The van der Waals surface area contributed by atoms with Gasteiger partial charge in [-0.15, -0.1) is 0 Å². The monoisotopic (exact) mass is 484 g/mol. The molecule has 1 amide bonds. The van der Waals surface area contributed by atoms with Crippen LogP contribution in [0, 0.1) is 0 Å². The van der Waals surface area contributed by atoms with Crippen molar-refractivity contribution in [3.8, 4) is 0 Å². The van der Waals surface area contributed by atoms with Crippen molar-refractivity contribution in [2.75, 3.05) is 17.2 Å². The molecule has 2 aromatic heterocycles. The van der Waals surface area contributed by atoms with Crippen molar-refractivity contribution in [1.82, 2.24) is 20.6 Å². The van der Waals surface area contributed by atoms with Gasteiger partial charge in [0.15, 0.2) is 0 Å². The summed E-state index contributed by atoms with van der Waals surface area (Å²) in [6, 6.07) is 12.6. The van der Waals surface area contributed by atoms with E-state index in [1.165, 1.54) is 11.1 Å². The third-order valence-corrected chi connectivity index (χ3v) is 6.86. The summed E-state index contributed by atoms with van der Waals surface area (Å²) in [7, 11) is 0. The van der Waals surface area contributed by atoms with Crippen LogP contribution in [0.2, 0.25) is 0 Å². The second-order valence-electron chi connectivity index (χ2n) is 11.7. The number of nitrogens with zero attached hydrogens (tertiary/aromatic N) is 2. The number of anilines is 4. The SMILES string of the molecule is CC(C)(C)c1cc(Nc2cc(Nc3ccc4c(c3)CNCC4(C)C)ncc2C(=O)NC2CC2)ccn1. The highest BCUT2D eigenvalue weighted by atomic mass is 16.1. The second kappa shape index (κ2) is 9.21. The van der Waals surface area contributed by atoms with Crippen molar-refractivity contribution < 1.29 is 4.79 Å². The third-order valence-electron chi connectivity index (χ3n) is 6.86. The zero-order chi connectivity index (χ0) is 25.5. The van der Waals surface area contributed by atoms with Crippen LogP contribution in [-0.2, 0) is 17.4 Å². The van der Waals surface area contributed by atoms with E-state index in [9.17, 15) is 4.79 Å². The summed E-state index contributed by atoms with van der Waals surface area (Å²) in [5.41, 5.74) is 6.77. The quantitative estimate of drug-likeness (QED) is 0.368. The number of carbonyl (C=O) groups is 1. The molecule has 0 bridgehead atoms. The van der Waals surface area contributed by atoms with Crippen molar-refractivity contribution in [3.05, 3.63) is 71.2 Å². The largest absolute Gasteiger partial charge is 0.355 e. The van der Waals surface area contributed by atoms with Crippen LogP contribution in [-0.4, -0.2) is 28.5 Å².